The van der Waals surface area contributed by atoms with E-state index in [0.717, 1.165) is 30.4 Å². The third-order valence-corrected chi connectivity index (χ3v) is 3.76. The maximum Gasteiger partial charge on any atom is 0.0991 e. The Balaban J connectivity index is 0.00000161. The zero-order valence-corrected chi connectivity index (χ0v) is 13.7. The van der Waals surface area contributed by atoms with Crippen molar-refractivity contribution in [2.75, 3.05) is 13.1 Å². The molecule has 3 nitrogen and oxygen atoms in total. The van der Waals surface area contributed by atoms with Gasteiger partial charge in [0.15, 0.2) is 0 Å². The number of aromatic nitrogens is 1. The van der Waals surface area contributed by atoms with E-state index in [1.165, 1.54) is 11.1 Å². The Morgan fingerprint density at radius 1 is 1.38 bits per heavy atom. The highest BCUT2D eigenvalue weighted by molar-refractivity contribution is 8.93. The summed E-state index contributed by atoms with van der Waals surface area (Å²) in [6.45, 7) is 4.18. The number of fused-ring (bicyclic) bond motifs is 1. The first-order valence-corrected chi connectivity index (χ1v) is 6.90. The van der Waals surface area contributed by atoms with Gasteiger partial charge in [-0.15, -0.1) is 17.0 Å². The van der Waals surface area contributed by atoms with Crippen molar-refractivity contribution in [1.29, 1.82) is 5.26 Å². The molecule has 1 aromatic carbocycles. The summed E-state index contributed by atoms with van der Waals surface area (Å²) in [5.41, 5.74) is 4.47. The van der Waals surface area contributed by atoms with Crippen LogP contribution >= 0.6 is 17.0 Å². The van der Waals surface area contributed by atoms with Gasteiger partial charge in [0.2, 0.25) is 0 Å². The average molecular weight is 344 g/mol. The molecule has 21 heavy (non-hydrogen) atoms. The van der Waals surface area contributed by atoms with Crippen LogP contribution in [0.4, 0.5) is 0 Å². The van der Waals surface area contributed by atoms with Gasteiger partial charge in [0, 0.05) is 30.2 Å². The second kappa shape index (κ2) is 6.64. The fourth-order valence-corrected chi connectivity index (χ4v) is 2.64. The van der Waals surface area contributed by atoms with E-state index in [1.54, 1.807) is 0 Å². The average Bonchev–Trinajstić information content (AvgIpc) is 2.89. The van der Waals surface area contributed by atoms with E-state index in [2.05, 4.69) is 47.4 Å². The summed E-state index contributed by atoms with van der Waals surface area (Å²) in [5.74, 6) is 0. The molecule has 3 rings (SSSR count). The minimum Gasteiger partial charge on any atom is -0.374 e. The first-order chi connectivity index (χ1) is 9.80. The predicted molar refractivity (Wildman–Crippen MR) is 91.5 cm³/mol. The highest BCUT2D eigenvalue weighted by atomic mass is 79.9. The van der Waals surface area contributed by atoms with Gasteiger partial charge in [-0.3, -0.25) is 0 Å². The van der Waals surface area contributed by atoms with Crippen LogP contribution < -0.4 is 0 Å². The number of H-pyrrole nitrogens is 1. The predicted octanol–water partition coefficient (Wildman–Crippen LogP) is 3.94. The van der Waals surface area contributed by atoms with Crippen molar-refractivity contribution < 1.29 is 0 Å². The molecule has 0 bridgehead atoms. The van der Waals surface area contributed by atoms with Crippen molar-refractivity contribution in [2.45, 2.75) is 13.3 Å². The largest absolute Gasteiger partial charge is 0.374 e. The minimum absolute atomic E-state index is 0. The number of halogens is 1. The van der Waals surface area contributed by atoms with Gasteiger partial charge >= 0.3 is 0 Å². The molecular weight excluding hydrogens is 326 g/mol. The van der Waals surface area contributed by atoms with Gasteiger partial charge in [0.25, 0.3) is 0 Å². The number of benzene rings is 1. The number of nitriles is 1. The molecule has 0 aliphatic carbocycles. The maximum atomic E-state index is 9.03. The van der Waals surface area contributed by atoms with Crippen LogP contribution in [0.1, 0.15) is 18.1 Å². The maximum absolute atomic E-state index is 9.03. The van der Waals surface area contributed by atoms with Crippen LogP contribution in [-0.2, 0) is 6.42 Å². The molecule has 1 aliphatic rings. The van der Waals surface area contributed by atoms with Crippen molar-refractivity contribution in [2.24, 2.45) is 0 Å². The van der Waals surface area contributed by atoms with Crippen LogP contribution in [0.5, 0.6) is 0 Å². The minimum atomic E-state index is 0. The van der Waals surface area contributed by atoms with Crippen LogP contribution in [-0.4, -0.2) is 23.0 Å². The van der Waals surface area contributed by atoms with E-state index in [0.29, 0.717) is 5.56 Å². The summed E-state index contributed by atoms with van der Waals surface area (Å²) in [7, 11) is 0. The Bertz CT molecular complexity index is 734. The second-order valence-electron chi connectivity index (χ2n) is 5.09. The van der Waals surface area contributed by atoms with Gasteiger partial charge in [-0.05, 0) is 55.0 Å². The topological polar surface area (TPSA) is 42.8 Å². The highest BCUT2D eigenvalue weighted by Crippen LogP contribution is 2.23. The molecule has 0 spiro atoms. The van der Waals surface area contributed by atoms with Crippen molar-refractivity contribution in [3.8, 4) is 6.07 Å². The van der Waals surface area contributed by atoms with E-state index in [9.17, 15) is 0 Å². The van der Waals surface area contributed by atoms with Crippen molar-refractivity contribution in [1.82, 2.24) is 9.88 Å². The molecule has 0 saturated carbocycles. The monoisotopic (exact) mass is 343 g/mol. The zero-order valence-electron chi connectivity index (χ0n) is 12.0. The SMILES string of the molecule is Br.CCN1C=CC=C(Cc2c[nH]c3ccc(C#N)cc23)C1. The Hall–Kier alpha value is -1.99. The molecule has 2 heterocycles. The molecule has 108 valence electrons. The molecule has 1 aliphatic heterocycles. The van der Waals surface area contributed by atoms with Crippen molar-refractivity contribution in [3.63, 3.8) is 0 Å². The van der Waals surface area contributed by atoms with E-state index in [-0.39, 0.29) is 17.0 Å². The molecule has 4 heteroatoms. The molecule has 1 N–H and O–H groups in total. The molecule has 0 fully saturated rings. The Morgan fingerprint density at radius 3 is 3.00 bits per heavy atom. The summed E-state index contributed by atoms with van der Waals surface area (Å²) < 4.78 is 0. The van der Waals surface area contributed by atoms with Crippen LogP contribution in [0.2, 0.25) is 0 Å². The fraction of sp³-hybridized carbons (Fsp3) is 0.235. The summed E-state index contributed by atoms with van der Waals surface area (Å²) in [6.07, 6.45) is 9.42. The Kier molecular flexibility index (Phi) is 4.87. The molecule has 0 atom stereocenters. The van der Waals surface area contributed by atoms with E-state index >= 15 is 0 Å². The van der Waals surface area contributed by atoms with Crippen molar-refractivity contribution in [3.05, 3.63) is 59.4 Å². The van der Waals surface area contributed by atoms with E-state index in [4.69, 9.17) is 5.26 Å². The standard InChI is InChI=1S/C17H17N3.BrH/c1-2-20-7-3-4-14(12-20)8-15-11-19-17-6-5-13(10-18)9-16(15)17;/h3-7,9,11,19H,2,8,12H2,1H3;1H. The number of hydrogen-bond acceptors (Lipinski definition) is 2. The van der Waals surface area contributed by atoms with Gasteiger partial charge in [0.1, 0.15) is 0 Å². The summed E-state index contributed by atoms with van der Waals surface area (Å²) in [6, 6.07) is 8.01. The van der Waals surface area contributed by atoms with Gasteiger partial charge < -0.3 is 9.88 Å². The molecule has 0 saturated heterocycles. The van der Waals surface area contributed by atoms with Gasteiger partial charge in [-0.1, -0.05) is 6.08 Å². The molecular formula is C17H18BrN3. The molecule has 0 unspecified atom stereocenters. The Morgan fingerprint density at radius 2 is 2.24 bits per heavy atom. The van der Waals surface area contributed by atoms with E-state index < -0.39 is 0 Å². The lowest BCUT2D eigenvalue weighted by molar-refractivity contribution is 0.421. The van der Waals surface area contributed by atoms with Crippen LogP contribution in [0.15, 0.2) is 48.3 Å². The first-order valence-electron chi connectivity index (χ1n) is 6.90. The molecule has 1 aromatic heterocycles. The number of rotatable bonds is 3. The third kappa shape index (κ3) is 3.20. The number of nitrogens with zero attached hydrogens (tertiary/aromatic N) is 2. The summed E-state index contributed by atoms with van der Waals surface area (Å²) in [5, 5.41) is 10.2. The summed E-state index contributed by atoms with van der Waals surface area (Å²) in [4.78, 5) is 5.58. The number of likely N-dealkylation sites (N-methyl/N-ethyl adjacent to an activating group) is 1. The normalized spacial score (nSPS) is 13.7. The number of nitrogens with one attached hydrogen (secondary N) is 1. The lowest BCUT2D eigenvalue weighted by Crippen LogP contribution is -2.22. The van der Waals surface area contributed by atoms with Gasteiger partial charge in [0.05, 0.1) is 11.6 Å². The van der Waals surface area contributed by atoms with Gasteiger partial charge in [-0.25, -0.2) is 0 Å². The quantitative estimate of drug-likeness (QED) is 0.917. The first kappa shape index (κ1) is 15.4. The molecule has 0 radical (unpaired) electrons. The van der Waals surface area contributed by atoms with Gasteiger partial charge in [-0.2, -0.15) is 5.26 Å². The second-order valence-corrected chi connectivity index (χ2v) is 5.09. The number of allylic oxidation sites excluding steroid dienone is 2. The highest BCUT2D eigenvalue weighted by Gasteiger charge is 2.10. The van der Waals surface area contributed by atoms with Crippen molar-refractivity contribution >= 4 is 27.9 Å². The fourth-order valence-electron chi connectivity index (χ4n) is 2.64. The molecule has 0 amide bonds. The summed E-state index contributed by atoms with van der Waals surface area (Å²) >= 11 is 0. The zero-order chi connectivity index (χ0) is 13.9. The van der Waals surface area contributed by atoms with Crippen LogP contribution in [0.25, 0.3) is 10.9 Å². The Labute approximate surface area is 135 Å². The lowest BCUT2D eigenvalue weighted by atomic mass is 10.0. The third-order valence-electron chi connectivity index (χ3n) is 3.76. The smallest absolute Gasteiger partial charge is 0.0991 e. The van der Waals surface area contributed by atoms with Crippen LogP contribution in [0.3, 0.4) is 0 Å². The lowest BCUT2D eigenvalue weighted by Gasteiger charge is -2.23. The van der Waals surface area contributed by atoms with Crippen LogP contribution in [0, 0.1) is 11.3 Å². The number of aromatic amines is 1. The van der Waals surface area contributed by atoms with E-state index in [1.807, 2.05) is 18.2 Å². The number of hydrogen-bond donors (Lipinski definition) is 1. The molecule has 2 aromatic rings.